The van der Waals surface area contributed by atoms with Gasteiger partial charge in [0.2, 0.25) is 0 Å². The molecule has 0 rings (SSSR count). The summed E-state index contributed by atoms with van der Waals surface area (Å²) in [7, 11) is 0.207. The molecule has 0 aliphatic heterocycles. The van der Waals surface area contributed by atoms with Crippen molar-refractivity contribution in [1.29, 1.82) is 0 Å². The second-order valence-corrected chi connectivity index (χ2v) is 4.86. The lowest BCUT2D eigenvalue weighted by Crippen LogP contribution is -1.98. The van der Waals surface area contributed by atoms with Crippen molar-refractivity contribution >= 4 is 9.52 Å². The van der Waals surface area contributed by atoms with Gasteiger partial charge in [0, 0.05) is 9.52 Å². The molecule has 0 aromatic rings. The quantitative estimate of drug-likeness (QED) is 0.408. The fourth-order valence-corrected chi connectivity index (χ4v) is 2.57. The Hall–Kier alpha value is -0.0431. The number of allylic oxidation sites excluding steroid dienone is 1. The van der Waals surface area contributed by atoms with Crippen LogP contribution in [0.25, 0.3) is 0 Å². The van der Waals surface area contributed by atoms with Gasteiger partial charge in [-0.1, -0.05) is 38.3 Å². The molecule has 0 N–H and O–H groups in total. The van der Waals surface area contributed by atoms with E-state index in [-0.39, 0.29) is 9.52 Å². The van der Waals surface area contributed by atoms with Crippen molar-refractivity contribution in [1.82, 2.24) is 0 Å². The molecule has 0 aliphatic rings. The van der Waals surface area contributed by atoms with Crippen molar-refractivity contribution in [3.05, 3.63) is 12.7 Å². The first-order chi connectivity index (χ1) is 4.35. The maximum Gasteiger partial charge on any atom is 0.0272 e. The van der Waals surface area contributed by atoms with E-state index in [2.05, 4.69) is 26.5 Å². The van der Waals surface area contributed by atoms with Gasteiger partial charge >= 0.3 is 0 Å². The molecule has 0 saturated heterocycles. The predicted molar refractivity (Wildman–Crippen MR) is 47.9 cm³/mol. The van der Waals surface area contributed by atoms with Gasteiger partial charge in [0.05, 0.1) is 0 Å². The van der Waals surface area contributed by atoms with Crippen molar-refractivity contribution in [2.75, 3.05) is 0 Å². The third-order valence-corrected chi connectivity index (χ3v) is 4.65. The SMILES string of the molecule is C=CC[SiH2]C(CC)CC. The highest BCUT2D eigenvalue weighted by Crippen LogP contribution is 2.13. The summed E-state index contributed by atoms with van der Waals surface area (Å²) >= 11 is 0. The number of hydrogen-bond acceptors (Lipinski definition) is 0. The Morgan fingerprint density at radius 3 is 2.33 bits per heavy atom. The summed E-state index contributed by atoms with van der Waals surface area (Å²) in [6.07, 6.45) is 4.84. The van der Waals surface area contributed by atoms with Gasteiger partial charge in [-0.05, 0) is 6.04 Å². The first kappa shape index (κ1) is 8.96. The van der Waals surface area contributed by atoms with Gasteiger partial charge in [0.1, 0.15) is 0 Å². The smallest absolute Gasteiger partial charge is 0.0272 e. The average molecular weight is 142 g/mol. The third-order valence-electron chi connectivity index (χ3n) is 1.93. The van der Waals surface area contributed by atoms with E-state index in [1.165, 1.54) is 18.9 Å². The first-order valence-electron chi connectivity index (χ1n) is 3.96. The van der Waals surface area contributed by atoms with E-state index in [4.69, 9.17) is 0 Å². The van der Waals surface area contributed by atoms with Crippen LogP contribution >= 0.6 is 0 Å². The summed E-state index contributed by atoms with van der Waals surface area (Å²) in [6.45, 7) is 8.33. The van der Waals surface area contributed by atoms with Crippen LogP contribution in [0.5, 0.6) is 0 Å². The maximum absolute atomic E-state index is 3.74. The van der Waals surface area contributed by atoms with Crippen LogP contribution in [0.15, 0.2) is 12.7 Å². The normalized spacial score (nSPS) is 11.4. The molecule has 0 nitrogen and oxygen atoms in total. The second-order valence-electron chi connectivity index (χ2n) is 2.55. The summed E-state index contributed by atoms with van der Waals surface area (Å²) in [5.74, 6) is 0. The molecule has 0 radical (unpaired) electrons. The molecule has 1 heteroatoms. The molecular weight excluding hydrogens is 124 g/mol. The number of hydrogen-bond donors (Lipinski definition) is 0. The zero-order chi connectivity index (χ0) is 7.11. The van der Waals surface area contributed by atoms with Crippen LogP contribution in [-0.4, -0.2) is 9.52 Å². The van der Waals surface area contributed by atoms with Crippen LogP contribution < -0.4 is 0 Å². The van der Waals surface area contributed by atoms with Crippen LogP contribution in [0.3, 0.4) is 0 Å². The lowest BCUT2D eigenvalue weighted by molar-refractivity contribution is 0.758. The van der Waals surface area contributed by atoms with E-state index in [1.54, 1.807) is 0 Å². The van der Waals surface area contributed by atoms with Crippen LogP contribution in [0.4, 0.5) is 0 Å². The molecule has 54 valence electrons. The first-order valence-corrected chi connectivity index (χ1v) is 5.77. The Labute approximate surface area is 61.2 Å². The van der Waals surface area contributed by atoms with Gasteiger partial charge in [-0.2, -0.15) is 0 Å². The van der Waals surface area contributed by atoms with Crippen molar-refractivity contribution in [2.24, 2.45) is 0 Å². The molecule has 9 heavy (non-hydrogen) atoms. The third kappa shape index (κ3) is 4.46. The second kappa shape index (κ2) is 6.08. The van der Waals surface area contributed by atoms with E-state index in [0.717, 1.165) is 5.54 Å². The van der Waals surface area contributed by atoms with Gasteiger partial charge in [-0.25, -0.2) is 0 Å². The zero-order valence-corrected chi connectivity index (χ0v) is 8.10. The molecule has 0 amide bonds. The molecule has 0 aliphatic carbocycles. The van der Waals surface area contributed by atoms with Crippen LogP contribution in [0.1, 0.15) is 26.7 Å². The molecule has 0 fully saturated rings. The van der Waals surface area contributed by atoms with E-state index in [1.807, 2.05) is 0 Å². The fraction of sp³-hybridized carbons (Fsp3) is 0.750. The van der Waals surface area contributed by atoms with E-state index in [9.17, 15) is 0 Å². The minimum absolute atomic E-state index is 0.207. The summed E-state index contributed by atoms with van der Waals surface area (Å²) < 4.78 is 0. The van der Waals surface area contributed by atoms with Gasteiger partial charge in [-0.3, -0.25) is 0 Å². The van der Waals surface area contributed by atoms with Crippen molar-refractivity contribution in [3.63, 3.8) is 0 Å². The van der Waals surface area contributed by atoms with E-state index in [0.29, 0.717) is 0 Å². The molecule has 0 saturated carbocycles. The standard InChI is InChI=1S/C8H18Si/c1-4-7-9-8(5-2)6-3/h4,8H,1,5-7,9H2,2-3H3. The molecule has 0 atom stereocenters. The molecule has 0 unspecified atom stereocenters. The highest BCUT2D eigenvalue weighted by atomic mass is 28.2. The molecular formula is C8H18Si. The number of rotatable bonds is 5. The van der Waals surface area contributed by atoms with Crippen LogP contribution in [0.2, 0.25) is 11.6 Å². The monoisotopic (exact) mass is 142 g/mol. The van der Waals surface area contributed by atoms with Gasteiger partial charge < -0.3 is 0 Å². The Kier molecular flexibility index (Phi) is 6.05. The lowest BCUT2D eigenvalue weighted by atomic mass is 10.3. The Morgan fingerprint density at radius 1 is 1.44 bits per heavy atom. The van der Waals surface area contributed by atoms with E-state index < -0.39 is 0 Å². The molecule has 0 heterocycles. The fourth-order valence-electron chi connectivity index (χ4n) is 1.05. The minimum atomic E-state index is 0.207. The van der Waals surface area contributed by atoms with Crippen LogP contribution in [0, 0.1) is 0 Å². The molecule has 0 aromatic heterocycles. The van der Waals surface area contributed by atoms with Crippen LogP contribution in [-0.2, 0) is 0 Å². The van der Waals surface area contributed by atoms with Crippen molar-refractivity contribution < 1.29 is 0 Å². The van der Waals surface area contributed by atoms with Crippen molar-refractivity contribution in [3.8, 4) is 0 Å². The lowest BCUT2D eigenvalue weighted by Gasteiger charge is -2.07. The summed E-state index contributed by atoms with van der Waals surface area (Å²) in [5, 5.41) is 0. The predicted octanol–water partition coefficient (Wildman–Crippen LogP) is 2.37. The highest BCUT2D eigenvalue weighted by molar-refractivity contribution is 6.38. The Bertz CT molecular complexity index is 65.0. The minimum Gasteiger partial charge on any atom is -0.103 e. The highest BCUT2D eigenvalue weighted by Gasteiger charge is 2.00. The molecule has 0 spiro atoms. The Morgan fingerprint density at radius 2 is 2.00 bits per heavy atom. The summed E-state index contributed by atoms with van der Waals surface area (Å²) in [4.78, 5) is 0. The van der Waals surface area contributed by atoms with Crippen molar-refractivity contribution in [2.45, 2.75) is 38.3 Å². The zero-order valence-electron chi connectivity index (χ0n) is 6.69. The van der Waals surface area contributed by atoms with E-state index >= 15 is 0 Å². The largest absolute Gasteiger partial charge is 0.103 e. The summed E-state index contributed by atoms with van der Waals surface area (Å²) in [5.41, 5.74) is 1.07. The summed E-state index contributed by atoms with van der Waals surface area (Å²) in [6, 6.07) is 1.33. The Balaban J connectivity index is 3.19. The average Bonchev–Trinajstić information content (AvgIpc) is 1.91. The molecule has 0 aromatic carbocycles. The van der Waals surface area contributed by atoms with Gasteiger partial charge in [-0.15, -0.1) is 6.58 Å². The van der Waals surface area contributed by atoms with Gasteiger partial charge in [0.15, 0.2) is 0 Å². The van der Waals surface area contributed by atoms with Gasteiger partial charge in [0.25, 0.3) is 0 Å². The maximum atomic E-state index is 3.74. The topological polar surface area (TPSA) is 0 Å². The molecule has 0 bridgehead atoms.